The van der Waals surface area contributed by atoms with Crippen LogP contribution in [0.1, 0.15) is 17.2 Å². The summed E-state index contributed by atoms with van der Waals surface area (Å²) < 4.78 is 0.860. The van der Waals surface area contributed by atoms with E-state index in [1.165, 1.54) is 4.90 Å². The molecule has 1 unspecified atom stereocenters. The molecule has 5 nitrogen and oxygen atoms in total. The molecule has 0 saturated carbocycles. The number of β-amino-alcohol motifs (C(OH)–C–C–N with tert-alkyl or cyclic N) is 1. The maximum Gasteiger partial charge on any atom is 0.295 e. The van der Waals surface area contributed by atoms with E-state index in [0.717, 1.165) is 4.47 Å². The van der Waals surface area contributed by atoms with Crippen LogP contribution in [0.3, 0.4) is 0 Å². The molecule has 128 valence electrons. The molecule has 1 saturated heterocycles. The van der Waals surface area contributed by atoms with Crippen molar-refractivity contribution in [3.05, 3.63) is 75.8 Å². The maximum atomic E-state index is 12.6. The molecule has 2 aromatic rings. The lowest BCUT2D eigenvalue weighted by molar-refractivity contribution is -0.140. The van der Waals surface area contributed by atoms with Crippen LogP contribution in [0.25, 0.3) is 5.76 Å². The lowest BCUT2D eigenvalue weighted by atomic mass is 9.95. The average molecular weight is 402 g/mol. The molecular weight excluding hydrogens is 386 g/mol. The second kappa shape index (κ2) is 7.21. The molecule has 0 spiro atoms. The summed E-state index contributed by atoms with van der Waals surface area (Å²) in [7, 11) is 0. The van der Waals surface area contributed by atoms with Gasteiger partial charge in [-0.15, -0.1) is 0 Å². The van der Waals surface area contributed by atoms with Gasteiger partial charge in [-0.3, -0.25) is 9.59 Å². The van der Waals surface area contributed by atoms with Crippen molar-refractivity contribution < 1.29 is 19.8 Å². The van der Waals surface area contributed by atoms with Crippen LogP contribution in [0, 0.1) is 0 Å². The van der Waals surface area contributed by atoms with Crippen LogP contribution in [0.2, 0.25) is 0 Å². The Morgan fingerprint density at radius 3 is 2.28 bits per heavy atom. The highest BCUT2D eigenvalue weighted by Gasteiger charge is 2.45. The van der Waals surface area contributed by atoms with Gasteiger partial charge in [0.2, 0.25) is 0 Å². The summed E-state index contributed by atoms with van der Waals surface area (Å²) in [4.78, 5) is 26.3. The van der Waals surface area contributed by atoms with Gasteiger partial charge in [0.05, 0.1) is 18.2 Å². The minimum Gasteiger partial charge on any atom is -0.507 e. The number of Topliss-reactive ketones (excluding diaryl/α,β-unsaturated/α-hetero) is 1. The Hall–Kier alpha value is -2.44. The highest BCUT2D eigenvalue weighted by atomic mass is 79.9. The van der Waals surface area contributed by atoms with Crippen LogP contribution in [0.15, 0.2) is 64.6 Å². The largest absolute Gasteiger partial charge is 0.507 e. The van der Waals surface area contributed by atoms with Crippen LogP contribution in [-0.4, -0.2) is 40.0 Å². The van der Waals surface area contributed by atoms with E-state index >= 15 is 0 Å². The number of hydrogen-bond acceptors (Lipinski definition) is 4. The number of benzene rings is 2. The molecule has 0 radical (unpaired) electrons. The minimum absolute atomic E-state index is 0.0108. The maximum absolute atomic E-state index is 12.6. The average Bonchev–Trinajstić information content (AvgIpc) is 2.88. The van der Waals surface area contributed by atoms with Crippen LogP contribution >= 0.6 is 15.9 Å². The molecule has 25 heavy (non-hydrogen) atoms. The summed E-state index contributed by atoms with van der Waals surface area (Å²) in [5.41, 5.74) is 1.19. The predicted molar refractivity (Wildman–Crippen MR) is 96.7 cm³/mol. The van der Waals surface area contributed by atoms with E-state index in [-0.39, 0.29) is 24.5 Å². The number of nitrogens with zero attached hydrogens (tertiary/aromatic N) is 1. The summed E-state index contributed by atoms with van der Waals surface area (Å²) in [6, 6.07) is 15.1. The van der Waals surface area contributed by atoms with E-state index in [1.807, 2.05) is 0 Å². The Kier molecular flexibility index (Phi) is 5.01. The molecule has 1 heterocycles. The number of halogens is 1. The Bertz CT molecular complexity index is 830. The lowest BCUT2D eigenvalue weighted by Gasteiger charge is -2.24. The van der Waals surface area contributed by atoms with Crippen LogP contribution in [0.5, 0.6) is 0 Å². The third kappa shape index (κ3) is 3.23. The van der Waals surface area contributed by atoms with Crippen molar-refractivity contribution >= 4 is 33.4 Å². The Morgan fingerprint density at radius 2 is 1.68 bits per heavy atom. The first-order valence-electron chi connectivity index (χ1n) is 7.74. The fourth-order valence-corrected chi connectivity index (χ4v) is 3.23. The van der Waals surface area contributed by atoms with E-state index < -0.39 is 17.7 Å². The fraction of sp³-hybridized carbons (Fsp3) is 0.158. The van der Waals surface area contributed by atoms with Crippen molar-refractivity contribution in [3.63, 3.8) is 0 Å². The quantitative estimate of drug-likeness (QED) is 0.469. The summed E-state index contributed by atoms with van der Waals surface area (Å²) in [6.07, 6.45) is 0. The third-order valence-electron chi connectivity index (χ3n) is 4.11. The molecule has 0 aromatic heterocycles. The number of hydrogen-bond donors (Lipinski definition) is 2. The lowest BCUT2D eigenvalue weighted by Crippen LogP contribution is -2.32. The van der Waals surface area contributed by atoms with Gasteiger partial charge in [-0.1, -0.05) is 58.4 Å². The minimum atomic E-state index is -0.747. The summed E-state index contributed by atoms with van der Waals surface area (Å²) in [5.74, 6) is -1.69. The summed E-state index contributed by atoms with van der Waals surface area (Å²) in [6.45, 7) is -0.262. The highest BCUT2D eigenvalue weighted by molar-refractivity contribution is 9.10. The second-order valence-corrected chi connectivity index (χ2v) is 6.55. The van der Waals surface area contributed by atoms with E-state index in [0.29, 0.717) is 11.1 Å². The van der Waals surface area contributed by atoms with Gasteiger partial charge >= 0.3 is 0 Å². The van der Waals surface area contributed by atoms with Crippen molar-refractivity contribution in [2.45, 2.75) is 6.04 Å². The zero-order valence-electron chi connectivity index (χ0n) is 13.2. The summed E-state index contributed by atoms with van der Waals surface area (Å²) >= 11 is 3.36. The first-order chi connectivity index (χ1) is 12.0. The van der Waals surface area contributed by atoms with E-state index in [9.17, 15) is 19.8 Å². The Balaban J connectivity index is 2.18. The molecule has 6 heteroatoms. The first-order valence-corrected chi connectivity index (χ1v) is 8.54. The number of ketones is 1. The molecule has 1 atom stereocenters. The van der Waals surface area contributed by atoms with Gasteiger partial charge in [0, 0.05) is 16.6 Å². The van der Waals surface area contributed by atoms with Crippen molar-refractivity contribution in [2.24, 2.45) is 0 Å². The number of likely N-dealkylation sites (tertiary alicyclic amines) is 1. The zero-order chi connectivity index (χ0) is 18.0. The SMILES string of the molecule is O=C1C(=O)N(CCO)C(c2ccc(Br)cc2)/C1=C(/O)c1ccccc1. The zero-order valence-corrected chi connectivity index (χ0v) is 14.8. The van der Waals surface area contributed by atoms with Crippen molar-refractivity contribution in [1.29, 1.82) is 0 Å². The molecule has 1 amide bonds. The normalized spacial score (nSPS) is 19.4. The number of rotatable bonds is 4. The van der Waals surface area contributed by atoms with E-state index in [1.54, 1.807) is 54.6 Å². The number of amides is 1. The van der Waals surface area contributed by atoms with Crippen LogP contribution in [0.4, 0.5) is 0 Å². The van der Waals surface area contributed by atoms with Gasteiger partial charge in [0.1, 0.15) is 5.76 Å². The van der Waals surface area contributed by atoms with Crippen LogP contribution < -0.4 is 0 Å². The van der Waals surface area contributed by atoms with Gasteiger partial charge in [0.15, 0.2) is 0 Å². The van der Waals surface area contributed by atoms with Gasteiger partial charge in [0.25, 0.3) is 11.7 Å². The molecule has 0 aliphatic carbocycles. The number of carbonyl (C=O) groups is 2. The number of carbonyl (C=O) groups excluding carboxylic acids is 2. The van der Waals surface area contributed by atoms with Gasteiger partial charge in [-0.2, -0.15) is 0 Å². The van der Waals surface area contributed by atoms with Crippen molar-refractivity contribution in [3.8, 4) is 0 Å². The smallest absolute Gasteiger partial charge is 0.295 e. The Morgan fingerprint density at radius 1 is 1.04 bits per heavy atom. The second-order valence-electron chi connectivity index (χ2n) is 5.63. The molecule has 2 N–H and O–H groups in total. The molecule has 1 aliphatic rings. The first kappa shape index (κ1) is 17.4. The molecule has 1 aliphatic heterocycles. The topological polar surface area (TPSA) is 77.8 Å². The van der Waals surface area contributed by atoms with Gasteiger partial charge < -0.3 is 15.1 Å². The van der Waals surface area contributed by atoms with Crippen molar-refractivity contribution in [1.82, 2.24) is 4.90 Å². The van der Waals surface area contributed by atoms with Gasteiger partial charge in [-0.25, -0.2) is 0 Å². The summed E-state index contributed by atoms with van der Waals surface area (Å²) in [5, 5.41) is 20.0. The molecule has 1 fully saturated rings. The monoisotopic (exact) mass is 401 g/mol. The number of aliphatic hydroxyl groups is 2. The number of aliphatic hydroxyl groups excluding tert-OH is 2. The Labute approximate surface area is 153 Å². The standard InChI is InChI=1S/C19H16BrNO4/c20-14-8-6-12(7-9-14)16-15(17(23)13-4-2-1-3-5-13)18(24)19(25)21(16)10-11-22/h1-9,16,22-23H,10-11H2/b17-15-. The van der Waals surface area contributed by atoms with Gasteiger partial charge in [-0.05, 0) is 17.7 Å². The van der Waals surface area contributed by atoms with E-state index in [4.69, 9.17) is 0 Å². The molecular formula is C19H16BrNO4. The molecule has 2 aromatic carbocycles. The van der Waals surface area contributed by atoms with E-state index in [2.05, 4.69) is 15.9 Å². The van der Waals surface area contributed by atoms with Crippen LogP contribution in [-0.2, 0) is 9.59 Å². The highest BCUT2D eigenvalue weighted by Crippen LogP contribution is 2.39. The molecule has 3 rings (SSSR count). The third-order valence-corrected chi connectivity index (χ3v) is 4.64. The predicted octanol–water partition coefficient (Wildman–Crippen LogP) is 2.86. The molecule has 0 bridgehead atoms. The van der Waals surface area contributed by atoms with Crippen molar-refractivity contribution in [2.75, 3.05) is 13.2 Å². The fourth-order valence-electron chi connectivity index (χ4n) is 2.96.